The first-order valence-electron chi connectivity index (χ1n) is 9.06. The lowest BCUT2D eigenvalue weighted by molar-refractivity contribution is -0.0810. The van der Waals surface area contributed by atoms with E-state index in [1.807, 2.05) is 0 Å². The van der Waals surface area contributed by atoms with Crippen molar-refractivity contribution >= 4 is 12.4 Å². The van der Waals surface area contributed by atoms with Crippen LogP contribution >= 0.6 is 12.4 Å². The average Bonchev–Trinajstić information content (AvgIpc) is 2.47. The van der Waals surface area contributed by atoms with Crippen LogP contribution in [-0.2, 0) is 0 Å². The van der Waals surface area contributed by atoms with Gasteiger partial charge < -0.3 is 5.73 Å². The van der Waals surface area contributed by atoms with Gasteiger partial charge in [-0.25, -0.2) is 0 Å². The van der Waals surface area contributed by atoms with Crippen molar-refractivity contribution in [3.63, 3.8) is 0 Å². The summed E-state index contributed by atoms with van der Waals surface area (Å²) in [7, 11) is 0. The fourth-order valence-corrected chi connectivity index (χ4v) is 6.48. The summed E-state index contributed by atoms with van der Waals surface area (Å²) in [5.41, 5.74) is 8.00. The Morgan fingerprint density at radius 1 is 0.955 bits per heavy atom. The molecule has 0 spiro atoms. The lowest BCUT2D eigenvalue weighted by Crippen LogP contribution is -2.51. The van der Waals surface area contributed by atoms with Gasteiger partial charge in [0.1, 0.15) is 0 Å². The Morgan fingerprint density at radius 2 is 1.64 bits per heavy atom. The molecule has 1 nitrogen and oxygen atoms in total. The smallest absolute Gasteiger partial charge is 0.00766 e. The van der Waals surface area contributed by atoms with Crippen molar-refractivity contribution < 1.29 is 0 Å². The predicted molar refractivity (Wildman–Crippen MR) is 95.3 cm³/mol. The zero-order valence-corrected chi connectivity index (χ0v) is 14.4. The van der Waals surface area contributed by atoms with Crippen molar-refractivity contribution in [1.29, 1.82) is 0 Å². The molecule has 4 saturated carbocycles. The maximum atomic E-state index is 5.75. The standard InChI is InChI=1S/C20H29N.ClH/c21-9-5-4-8-20-13-15-10-16(14-20)12-18(11-15)19(20)17-6-2-1-3-7-17;/h1-3,6-7,15-16,18-19H,4-5,8-14,21H2;1H. The van der Waals surface area contributed by atoms with Crippen LogP contribution in [0.2, 0.25) is 0 Å². The van der Waals surface area contributed by atoms with Gasteiger partial charge >= 0.3 is 0 Å². The molecule has 5 rings (SSSR count). The molecule has 3 unspecified atom stereocenters. The van der Waals surface area contributed by atoms with Crippen LogP contribution in [-0.4, -0.2) is 6.54 Å². The van der Waals surface area contributed by atoms with Crippen molar-refractivity contribution in [1.82, 2.24) is 0 Å². The molecular formula is C20H30ClN. The second-order valence-corrected chi connectivity index (χ2v) is 8.10. The first kappa shape index (κ1) is 16.3. The maximum Gasteiger partial charge on any atom is -0.00766 e. The number of nitrogens with two attached hydrogens (primary N) is 1. The Morgan fingerprint density at radius 3 is 2.27 bits per heavy atom. The Labute approximate surface area is 141 Å². The number of benzene rings is 1. The molecule has 2 N–H and O–H groups in total. The summed E-state index contributed by atoms with van der Waals surface area (Å²) in [5.74, 6) is 3.89. The van der Waals surface area contributed by atoms with Crippen LogP contribution in [0, 0.1) is 23.2 Å². The number of rotatable bonds is 5. The van der Waals surface area contributed by atoms with Gasteiger partial charge in [0.15, 0.2) is 0 Å². The minimum Gasteiger partial charge on any atom is -0.330 e. The van der Waals surface area contributed by atoms with E-state index in [0.29, 0.717) is 5.41 Å². The van der Waals surface area contributed by atoms with E-state index in [-0.39, 0.29) is 12.4 Å². The first-order valence-corrected chi connectivity index (χ1v) is 9.06. The Kier molecular flexibility index (Phi) is 4.85. The second kappa shape index (κ2) is 6.53. The highest BCUT2D eigenvalue weighted by atomic mass is 35.5. The lowest BCUT2D eigenvalue weighted by atomic mass is 9.43. The van der Waals surface area contributed by atoms with E-state index in [1.165, 1.54) is 51.4 Å². The molecule has 122 valence electrons. The van der Waals surface area contributed by atoms with Gasteiger partial charge in [0.2, 0.25) is 0 Å². The molecule has 1 aromatic rings. The van der Waals surface area contributed by atoms with Crippen LogP contribution in [0.25, 0.3) is 0 Å². The fourth-order valence-electron chi connectivity index (χ4n) is 6.48. The third kappa shape index (κ3) is 2.71. The van der Waals surface area contributed by atoms with Crippen molar-refractivity contribution in [2.24, 2.45) is 28.9 Å². The summed E-state index contributed by atoms with van der Waals surface area (Å²) in [6, 6.07) is 11.5. The van der Waals surface area contributed by atoms with Gasteiger partial charge in [0.05, 0.1) is 0 Å². The third-order valence-electron chi connectivity index (χ3n) is 6.75. The van der Waals surface area contributed by atoms with Crippen LogP contribution in [0.4, 0.5) is 0 Å². The highest BCUT2D eigenvalue weighted by Crippen LogP contribution is 2.67. The van der Waals surface area contributed by atoms with Crippen LogP contribution in [0.15, 0.2) is 30.3 Å². The zero-order chi connectivity index (χ0) is 14.3. The van der Waals surface area contributed by atoms with Crippen molar-refractivity contribution in [2.45, 2.75) is 57.3 Å². The first-order chi connectivity index (χ1) is 10.3. The SMILES string of the molecule is Cl.NCCCCC12CC3CC(CC(C3)C1c1ccccc1)C2. The monoisotopic (exact) mass is 319 g/mol. The van der Waals surface area contributed by atoms with Crippen LogP contribution in [0.5, 0.6) is 0 Å². The van der Waals surface area contributed by atoms with Crippen molar-refractivity contribution in [3.8, 4) is 0 Å². The largest absolute Gasteiger partial charge is 0.330 e. The molecule has 3 atom stereocenters. The van der Waals surface area contributed by atoms with Gasteiger partial charge in [-0.1, -0.05) is 36.8 Å². The van der Waals surface area contributed by atoms with E-state index in [9.17, 15) is 0 Å². The average molecular weight is 320 g/mol. The number of hydrogen-bond donors (Lipinski definition) is 1. The molecule has 1 aromatic carbocycles. The summed E-state index contributed by atoms with van der Waals surface area (Å²) in [6.07, 6.45) is 11.5. The zero-order valence-electron chi connectivity index (χ0n) is 13.5. The van der Waals surface area contributed by atoms with Gasteiger partial charge in [-0.3, -0.25) is 0 Å². The molecule has 4 aliphatic rings. The van der Waals surface area contributed by atoms with E-state index in [1.54, 1.807) is 5.56 Å². The molecule has 0 radical (unpaired) electrons. The highest BCUT2D eigenvalue weighted by molar-refractivity contribution is 5.85. The molecule has 0 heterocycles. The Balaban J connectivity index is 0.00000144. The second-order valence-electron chi connectivity index (χ2n) is 8.10. The van der Waals surface area contributed by atoms with Gasteiger partial charge in [-0.2, -0.15) is 0 Å². The summed E-state index contributed by atoms with van der Waals surface area (Å²) in [5, 5.41) is 0. The topological polar surface area (TPSA) is 26.0 Å². The van der Waals surface area contributed by atoms with Crippen LogP contribution < -0.4 is 5.73 Å². The normalized spacial score (nSPS) is 38.8. The Bertz CT molecular complexity index is 472. The molecular weight excluding hydrogens is 290 g/mol. The molecule has 4 fully saturated rings. The molecule has 4 aliphatic carbocycles. The number of halogens is 1. The van der Waals surface area contributed by atoms with E-state index < -0.39 is 0 Å². The minimum absolute atomic E-state index is 0. The lowest BCUT2D eigenvalue weighted by Gasteiger charge is -2.62. The molecule has 0 amide bonds. The molecule has 0 saturated heterocycles. The van der Waals surface area contributed by atoms with E-state index in [0.717, 1.165) is 30.2 Å². The van der Waals surface area contributed by atoms with Crippen molar-refractivity contribution in [3.05, 3.63) is 35.9 Å². The fraction of sp³-hybridized carbons (Fsp3) is 0.700. The number of hydrogen-bond acceptors (Lipinski definition) is 1. The van der Waals surface area contributed by atoms with Gasteiger partial charge in [-0.15, -0.1) is 12.4 Å². The van der Waals surface area contributed by atoms with E-state index in [2.05, 4.69) is 30.3 Å². The van der Waals surface area contributed by atoms with Crippen LogP contribution in [0.3, 0.4) is 0 Å². The summed E-state index contributed by atoms with van der Waals surface area (Å²) < 4.78 is 0. The predicted octanol–water partition coefficient (Wildman–Crippen LogP) is 5.15. The molecule has 4 bridgehead atoms. The van der Waals surface area contributed by atoms with Gasteiger partial charge in [-0.05, 0) is 86.1 Å². The molecule has 2 heteroatoms. The summed E-state index contributed by atoms with van der Waals surface area (Å²) in [6.45, 7) is 0.863. The third-order valence-corrected chi connectivity index (χ3v) is 6.75. The van der Waals surface area contributed by atoms with Crippen LogP contribution in [0.1, 0.15) is 62.8 Å². The quantitative estimate of drug-likeness (QED) is 0.746. The van der Waals surface area contributed by atoms with E-state index >= 15 is 0 Å². The highest BCUT2D eigenvalue weighted by Gasteiger charge is 2.56. The molecule has 22 heavy (non-hydrogen) atoms. The molecule has 0 aliphatic heterocycles. The Hall–Kier alpha value is -0.530. The number of unbranched alkanes of at least 4 members (excludes halogenated alkanes) is 1. The summed E-state index contributed by atoms with van der Waals surface area (Å²) in [4.78, 5) is 0. The summed E-state index contributed by atoms with van der Waals surface area (Å²) >= 11 is 0. The van der Waals surface area contributed by atoms with E-state index in [4.69, 9.17) is 5.73 Å². The minimum atomic E-state index is 0. The van der Waals surface area contributed by atoms with Gasteiger partial charge in [0.25, 0.3) is 0 Å². The van der Waals surface area contributed by atoms with Gasteiger partial charge in [0, 0.05) is 0 Å². The maximum absolute atomic E-state index is 5.75. The van der Waals surface area contributed by atoms with Crippen molar-refractivity contribution in [2.75, 3.05) is 6.54 Å². The molecule has 0 aromatic heterocycles.